The number of thiazole rings is 1. The van der Waals surface area contributed by atoms with Crippen LogP contribution in [-0.4, -0.2) is 39.9 Å². The number of pyridine rings is 2. The zero-order chi connectivity index (χ0) is 24.6. The molecule has 0 aliphatic heterocycles. The van der Waals surface area contributed by atoms with Crippen molar-refractivity contribution in [3.8, 4) is 0 Å². The van der Waals surface area contributed by atoms with Crippen LogP contribution in [0.25, 0.3) is 0 Å². The third-order valence-electron chi connectivity index (χ3n) is 6.14. The molecule has 0 bridgehead atoms. The lowest BCUT2D eigenvalue weighted by Gasteiger charge is -2.26. The van der Waals surface area contributed by atoms with Crippen LogP contribution in [0.3, 0.4) is 0 Å². The van der Waals surface area contributed by atoms with E-state index in [2.05, 4.69) is 25.6 Å². The van der Waals surface area contributed by atoms with Gasteiger partial charge in [-0.25, -0.2) is 4.98 Å². The van der Waals surface area contributed by atoms with Crippen LogP contribution in [-0.2, 0) is 11.3 Å². The minimum Gasteiger partial charge on any atom is -0.367 e. The summed E-state index contributed by atoms with van der Waals surface area (Å²) in [6.45, 7) is 0.508. The van der Waals surface area contributed by atoms with Crippen molar-refractivity contribution in [3.63, 3.8) is 0 Å². The SMILES string of the molecule is CN(Cc1ncc(C(=O)N[C@@H](CC2CCCCC2)C(=O)Nc2ccncc2)s1)c1cncc(Cl)c1. The molecule has 1 saturated carbocycles. The van der Waals surface area contributed by atoms with Crippen molar-refractivity contribution < 1.29 is 9.59 Å². The summed E-state index contributed by atoms with van der Waals surface area (Å²) >= 11 is 7.36. The lowest BCUT2D eigenvalue weighted by molar-refractivity contribution is -0.118. The van der Waals surface area contributed by atoms with Gasteiger partial charge >= 0.3 is 0 Å². The topological polar surface area (TPSA) is 100 Å². The maximum Gasteiger partial charge on any atom is 0.263 e. The average molecular weight is 513 g/mol. The van der Waals surface area contributed by atoms with Gasteiger partial charge in [0, 0.05) is 31.3 Å². The molecule has 1 fully saturated rings. The number of carbonyl (C=O) groups is 2. The van der Waals surface area contributed by atoms with Crippen LogP contribution >= 0.6 is 22.9 Å². The number of hydrogen-bond acceptors (Lipinski definition) is 7. The van der Waals surface area contributed by atoms with Gasteiger partial charge in [0.2, 0.25) is 5.91 Å². The molecule has 0 saturated heterocycles. The molecule has 1 atom stereocenters. The highest BCUT2D eigenvalue weighted by Gasteiger charge is 2.27. The highest BCUT2D eigenvalue weighted by molar-refractivity contribution is 7.13. The highest BCUT2D eigenvalue weighted by Crippen LogP contribution is 2.28. The molecule has 2 amide bonds. The van der Waals surface area contributed by atoms with Gasteiger partial charge in [-0.1, -0.05) is 43.7 Å². The summed E-state index contributed by atoms with van der Waals surface area (Å²) in [4.78, 5) is 41.2. The second-order valence-corrected chi connectivity index (χ2v) is 10.4. The Balaban J connectivity index is 1.42. The van der Waals surface area contributed by atoms with Gasteiger partial charge in [0.25, 0.3) is 5.91 Å². The van der Waals surface area contributed by atoms with E-state index in [-0.39, 0.29) is 11.8 Å². The summed E-state index contributed by atoms with van der Waals surface area (Å²) in [7, 11) is 1.91. The van der Waals surface area contributed by atoms with E-state index in [1.807, 2.05) is 18.0 Å². The second-order valence-electron chi connectivity index (χ2n) is 8.83. The molecule has 35 heavy (non-hydrogen) atoms. The van der Waals surface area contributed by atoms with Gasteiger partial charge < -0.3 is 15.5 Å². The molecule has 1 aliphatic carbocycles. The fraction of sp³-hybridized carbons (Fsp3) is 0.400. The fourth-order valence-electron chi connectivity index (χ4n) is 4.27. The van der Waals surface area contributed by atoms with E-state index in [0.717, 1.165) is 23.5 Å². The fourth-order valence-corrected chi connectivity index (χ4v) is 5.32. The third kappa shape index (κ3) is 7.22. The standard InChI is InChI=1S/C25H29ClN6O2S/c1-32(20-12-18(26)13-28-14-20)16-23-29-15-22(35-23)25(34)31-21(11-17-5-3-2-4-6-17)24(33)30-19-7-9-27-10-8-19/h7-10,12-15,17,21H,2-6,11,16H2,1H3,(H,31,34)(H,27,30,33)/t21-/m0/s1. The zero-order valence-electron chi connectivity index (χ0n) is 19.6. The van der Waals surface area contributed by atoms with Crippen LogP contribution in [0.1, 0.15) is 53.2 Å². The molecule has 0 spiro atoms. The van der Waals surface area contributed by atoms with E-state index in [1.165, 1.54) is 30.6 Å². The number of carbonyl (C=O) groups excluding carboxylic acids is 2. The first-order valence-electron chi connectivity index (χ1n) is 11.8. The lowest BCUT2D eigenvalue weighted by atomic mass is 9.84. The van der Waals surface area contributed by atoms with Crippen LogP contribution in [0.15, 0.2) is 49.2 Å². The molecule has 8 nitrogen and oxygen atoms in total. The summed E-state index contributed by atoms with van der Waals surface area (Å²) < 4.78 is 0. The van der Waals surface area contributed by atoms with Crippen LogP contribution < -0.4 is 15.5 Å². The number of amides is 2. The van der Waals surface area contributed by atoms with Crippen molar-refractivity contribution in [1.82, 2.24) is 20.3 Å². The first-order valence-corrected chi connectivity index (χ1v) is 13.0. The molecule has 10 heteroatoms. The van der Waals surface area contributed by atoms with E-state index >= 15 is 0 Å². The third-order valence-corrected chi connectivity index (χ3v) is 7.33. The van der Waals surface area contributed by atoms with Gasteiger partial charge in [0.15, 0.2) is 0 Å². The smallest absolute Gasteiger partial charge is 0.263 e. The number of nitrogens with zero attached hydrogens (tertiary/aromatic N) is 4. The predicted octanol–water partition coefficient (Wildman–Crippen LogP) is 4.93. The predicted molar refractivity (Wildman–Crippen MR) is 139 cm³/mol. The number of nitrogens with one attached hydrogen (secondary N) is 2. The number of hydrogen-bond donors (Lipinski definition) is 2. The molecule has 4 rings (SSSR count). The van der Waals surface area contributed by atoms with E-state index in [4.69, 9.17) is 11.6 Å². The highest BCUT2D eigenvalue weighted by atomic mass is 35.5. The van der Waals surface area contributed by atoms with Crippen molar-refractivity contribution in [2.45, 2.75) is 51.1 Å². The Kier molecular flexibility index (Phi) is 8.65. The Morgan fingerprint density at radius 2 is 1.91 bits per heavy atom. The van der Waals surface area contributed by atoms with Gasteiger partial charge in [-0.05, 0) is 30.5 Å². The number of rotatable bonds is 9. The summed E-state index contributed by atoms with van der Waals surface area (Å²) in [5.74, 6) is -0.0752. The monoisotopic (exact) mass is 512 g/mol. The molecular formula is C25H29ClN6O2S. The molecular weight excluding hydrogens is 484 g/mol. The molecule has 2 N–H and O–H groups in total. The largest absolute Gasteiger partial charge is 0.367 e. The quantitative estimate of drug-likeness (QED) is 0.421. The minimum atomic E-state index is -0.621. The molecule has 3 aromatic rings. The van der Waals surface area contributed by atoms with Gasteiger partial charge in [-0.2, -0.15) is 0 Å². The number of aromatic nitrogens is 3. The summed E-state index contributed by atoms with van der Waals surface area (Å²) in [5, 5.41) is 7.22. The molecule has 184 valence electrons. The normalized spacial score (nSPS) is 14.8. The number of halogens is 1. The van der Waals surface area contributed by atoms with Crippen LogP contribution in [0, 0.1) is 5.92 Å². The summed E-state index contributed by atoms with van der Waals surface area (Å²) in [6.07, 6.45) is 14.5. The molecule has 3 aromatic heterocycles. The maximum atomic E-state index is 13.1. The lowest BCUT2D eigenvalue weighted by Crippen LogP contribution is -2.45. The first-order chi connectivity index (χ1) is 17.0. The Hall–Kier alpha value is -3.04. The van der Waals surface area contributed by atoms with Gasteiger partial charge in [-0.3, -0.25) is 19.6 Å². The average Bonchev–Trinajstić information content (AvgIpc) is 3.33. The van der Waals surface area contributed by atoms with Crippen LogP contribution in [0.2, 0.25) is 5.02 Å². The van der Waals surface area contributed by atoms with Crippen molar-refractivity contribution in [3.05, 3.63) is 64.1 Å². The second kappa shape index (κ2) is 12.1. The molecule has 0 radical (unpaired) electrons. The van der Waals surface area contributed by atoms with E-state index < -0.39 is 6.04 Å². The molecule has 1 aliphatic rings. The van der Waals surface area contributed by atoms with Crippen LogP contribution in [0.5, 0.6) is 0 Å². The Bertz CT molecular complexity index is 1140. The van der Waals surface area contributed by atoms with Crippen molar-refractivity contribution in [2.75, 3.05) is 17.3 Å². The molecule has 3 heterocycles. The van der Waals surface area contributed by atoms with Crippen molar-refractivity contribution >= 4 is 46.1 Å². The zero-order valence-corrected chi connectivity index (χ0v) is 21.2. The summed E-state index contributed by atoms with van der Waals surface area (Å²) in [5.41, 5.74) is 1.52. The van der Waals surface area contributed by atoms with Gasteiger partial charge in [-0.15, -0.1) is 11.3 Å². The van der Waals surface area contributed by atoms with E-state index in [0.29, 0.717) is 34.5 Å². The first kappa shape index (κ1) is 25.1. The van der Waals surface area contributed by atoms with Crippen molar-refractivity contribution in [1.29, 1.82) is 0 Å². The number of anilines is 2. The van der Waals surface area contributed by atoms with Crippen molar-refractivity contribution in [2.24, 2.45) is 5.92 Å². The summed E-state index contributed by atoms with van der Waals surface area (Å²) in [6, 6.07) is 4.68. The molecule has 0 aromatic carbocycles. The Labute approximate surface area is 214 Å². The van der Waals surface area contributed by atoms with Crippen LogP contribution in [0.4, 0.5) is 11.4 Å². The van der Waals surface area contributed by atoms with Gasteiger partial charge in [0.1, 0.15) is 15.9 Å². The Morgan fingerprint density at radius 3 is 2.66 bits per heavy atom. The Morgan fingerprint density at radius 1 is 1.14 bits per heavy atom. The van der Waals surface area contributed by atoms with E-state index in [9.17, 15) is 9.59 Å². The molecule has 0 unspecified atom stereocenters. The van der Waals surface area contributed by atoms with E-state index in [1.54, 1.807) is 43.1 Å². The minimum absolute atomic E-state index is 0.215. The van der Waals surface area contributed by atoms with Gasteiger partial charge in [0.05, 0.1) is 29.6 Å². The maximum absolute atomic E-state index is 13.1.